The van der Waals surface area contributed by atoms with Crippen LogP contribution in [0.25, 0.3) is 106 Å². The molecule has 0 radical (unpaired) electrons. The summed E-state index contributed by atoms with van der Waals surface area (Å²) < 4.78 is 2.61. The van der Waals surface area contributed by atoms with Crippen molar-refractivity contribution < 1.29 is 0 Å². The summed E-state index contributed by atoms with van der Waals surface area (Å²) in [7, 11) is 0. The summed E-state index contributed by atoms with van der Waals surface area (Å²) in [6.45, 7) is 0. The fourth-order valence-corrected chi connectivity index (χ4v) is 11.0. The molecule has 0 saturated carbocycles. The highest BCUT2D eigenvalue weighted by Gasteiger charge is 2.26. The highest BCUT2D eigenvalue weighted by molar-refractivity contribution is 7.23. The molecule has 0 aliphatic heterocycles. The van der Waals surface area contributed by atoms with E-state index in [1.165, 1.54) is 106 Å². The maximum Gasteiger partial charge on any atom is 0.0446 e. The first-order valence-electron chi connectivity index (χ1n) is 17.8. The molecule has 242 valence electrons. The van der Waals surface area contributed by atoms with E-state index in [0.717, 1.165) is 0 Å². The molecule has 9 aromatic carbocycles. The second kappa shape index (κ2) is 11.7. The lowest BCUT2D eigenvalue weighted by molar-refractivity contribution is 1.68. The van der Waals surface area contributed by atoms with Gasteiger partial charge in [-0.1, -0.05) is 158 Å². The second-order valence-electron chi connectivity index (χ2n) is 13.5. The van der Waals surface area contributed by atoms with Crippen molar-refractivity contribution in [3.63, 3.8) is 0 Å². The van der Waals surface area contributed by atoms with Crippen molar-refractivity contribution in [2.75, 3.05) is 0 Å². The maximum absolute atomic E-state index is 2.51. The molecule has 2 heteroatoms. The van der Waals surface area contributed by atoms with Crippen molar-refractivity contribution in [2.24, 2.45) is 0 Å². The molecule has 0 nitrogen and oxygen atoms in total. The van der Waals surface area contributed by atoms with Gasteiger partial charge in [0.25, 0.3) is 0 Å². The molecular weight excluding hydrogens is 665 g/mol. The van der Waals surface area contributed by atoms with Crippen molar-refractivity contribution in [1.82, 2.24) is 0 Å². The van der Waals surface area contributed by atoms with E-state index in [4.69, 9.17) is 0 Å². The normalized spacial score (nSPS) is 11.8. The number of hydrogen-bond acceptors (Lipinski definition) is 2. The van der Waals surface area contributed by atoms with Crippen LogP contribution >= 0.6 is 22.7 Å². The molecular formula is C50H30S2. The van der Waals surface area contributed by atoms with Crippen molar-refractivity contribution in [1.29, 1.82) is 0 Å². The van der Waals surface area contributed by atoms with Gasteiger partial charge in [-0.15, -0.1) is 22.7 Å². The molecule has 0 aliphatic rings. The second-order valence-corrected chi connectivity index (χ2v) is 15.6. The van der Waals surface area contributed by atoms with E-state index in [0.29, 0.717) is 0 Å². The Kier molecular flexibility index (Phi) is 6.70. The molecule has 52 heavy (non-hydrogen) atoms. The van der Waals surface area contributed by atoms with E-state index < -0.39 is 0 Å². The summed E-state index contributed by atoms with van der Waals surface area (Å²) in [5.41, 5.74) is 7.74. The van der Waals surface area contributed by atoms with E-state index in [-0.39, 0.29) is 0 Å². The minimum Gasteiger partial charge on any atom is -0.134 e. The summed E-state index contributed by atoms with van der Waals surface area (Å²) >= 11 is 3.84. The quantitative estimate of drug-likeness (QED) is 0.127. The van der Waals surface area contributed by atoms with Crippen molar-refractivity contribution in [2.45, 2.75) is 0 Å². The zero-order chi connectivity index (χ0) is 34.2. The molecule has 2 aromatic heterocycles. The van der Waals surface area contributed by atoms with Gasteiger partial charge in [0.15, 0.2) is 0 Å². The molecule has 0 bridgehead atoms. The minimum absolute atomic E-state index is 1.25. The molecule has 0 spiro atoms. The molecule has 0 unspecified atom stereocenters. The van der Waals surface area contributed by atoms with Crippen LogP contribution in [0, 0.1) is 0 Å². The van der Waals surface area contributed by atoms with Crippen LogP contribution in [0.1, 0.15) is 0 Å². The molecule has 0 N–H and O–H groups in total. The Morgan fingerprint density at radius 1 is 0.250 bits per heavy atom. The highest BCUT2D eigenvalue weighted by Crippen LogP contribution is 2.55. The van der Waals surface area contributed by atoms with Gasteiger partial charge in [-0.05, 0) is 78.5 Å². The SMILES string of the molecule is c1ccc(-c2c(-c3c4ccccc4c(-c4sc5ccccc5c4-c4ccccc4)c4cc5c(ccc6ccccc65)cc34)sc3ccccc23)cc1. The topological polar surface area (TPSA) is 0 Å². The number of rotatable bonds is 4. The molecule has 11 aromatic rings. The summed E-state index contributed by atoms with van der Waals surface area (Å²) in [6.07, 6.45) is 0. The Labute approximate surface area is 309 Å². The van der Waals surface area contributed by atoms with Gasteiger partial charge in [0, 0.05) is 52.2 Å². The number of thiophene rings is 2. The lowest BCUT2D eigenvalue weighted by atomic mass is 9.85. The van der Waals surface area contributed by atoms with Gasteiger partial charge in [-0.25, -0.2) is 0 Å². The summed E-state index contributed by atoms with van der Waals surface area (Å²) in [5.74, 6) is 0. The Morgan fingerprint density at radius 3 is 1.23 bits per heavy atom. The van der Waals surface area contributed by atoms with Crippen LogP contribution in [0.15, 0.2) is 182 Å². The van der Waals surface area contributed by atoms with Crippen LogP contribution < -0.4 is 0 Å². The lowest BCUT2D eigenvalue weighted by Crippen LogP contribution is -1.92. The number of hydrogen-bond donors (Lipinski definition) is 0. The monoisotopic (exact) mass is 694 g/mol. The van der Waals surface area contributed by atoms with E-state index >= 15 is 0 Å². The van der Waals surface area contributed by atoms with E-state index in [9.17, 15) is 0 Å². The summed E-state index contributed by atoms with van der Waals surface area (Å²) in [5, 5.41) is 12.8. The average molecular weight is 695 g/mol. The van der Waals surface area contributed by atoms with Gasteiger partial charge in [0.1, 0.15) is 0 Å². The highest BCUT2D eigenvalue weighted by atomic mass is 32.1. The fourth-order valence-electron chi connectivity index (χ4n) is 8.39. The number of benzene rings is 9. The zero-order valence-corrected chi connectivity index (χ0v) is 29.8. The van der Waals surface area contributed by atoms with Crippen molar-refractivity contribution in [3.05, 3.63) is 182 Å². The average Bonchev–Trinajstić information content (AvgIpc) is 3.79. The Bertz CT molecular complexity index is 3160. The maximum atomic E-state index is 2.51. The smallest absolute Gasteiger partial charge is 0.0446 e. The van der Waals surface area contributed by atoms with Gasteiger partial charge in [-0.2, -0.15) is 0 Å². The zero-order valence-electron chi connectivity index (χ0n) is 28.1. The lowest BCUT2D eigenvalue weighted by Gasteiger charge is -2.19. The molecule has 2 heterocycles. The first-order valence-corrected chi connectivity index (χ1v) is 19.4. The van der Waals surface area contributed by atoms with Crippen LogP contribution in [0.2, 0.25) is 0 Å². The van der Waals surface area contributed by atoms with Crippen molar-refractivity contribution >= 4 is 85.9 Å². The van der Waals surface area contributed by atoms with Crippen LogP contribution in [0.3, 0.4) is 0 Å². The van der Waals surface area contributed by atoms with Gasteiger partial charge >= 0.3 is 0 Å². The molecule has 0 saturated heterocycles. The van der Waals surface area contributed by atoms with E-state index in [2.05, 4.69) is 182 Å². The predicted molar refractivity (Wildman–Crippen MR) is 229 cm³/mol. The first kappa shape index (κ1) is 29.6. The third-order valence-corrected chi connectivity index (χ3v) is 13.0. The predicted octanol–water partition coefficient (Wildman–Crippen LogP) is 15.4. The summed E-state index contributed by atoms with van der Waals surface area (Å²) in [6, 6.07) is 67.3. The Hall–Kier alpha value is -6.06. The Balaban J connectivity index is 1.37. The van der Waals surface area contributed by atoms with Gasteiger partial charge < -0.3 is 0 Å². The van der Waals surface area contributed by atoms with Crippen molar-refractivity contribution in [3.8, 4) is 43.1 Å². The standard InChI is InChI=1S/C50H30S2/c1-3-16-32(17-4-1)45-38-23-11-13-25-43(38)51-49(45)47-36-21-9-10-22-37(36)48(42-30-40-34(29-41(42)47)28-27-31-15-7-8-20-35(31)40)50-46(33-18-5-2-6-19-33)39-24-12-14-26-44(39)52-50/h1-30H. The molecule has 0 amide bonds. The van der Waals surface area contributed by atoms with Crippen LogP contribution in [-0.2, 0) is 0 Å². The van der Waals surface area contributed by atoms with Gasteiger partial charge in [-0.3, -0.25) is 0 Å². The van der Waals surface area contributed by atoms with E-state index in [1.54, 1.807) is 0 Å². The van der Waals surface area contributed by atoms with Crippen LogP contribution in [0.5, 0.6) is 0 Å². The third kappa shape index (κ3) is 4.45. The van der Waals surface area contributed by atoms with Crippen LogP contribution in [-0.4, -0.2) is 0 Å². The number of fused-ring (bicyclic) bond motifs is 7. The molecule has 0 atom stereocenters. The van der Waals surface area contributed by atoms with Gasteiger partial charge in [0.2, 0.25) is 0 Å². The molecule has 0 fully saturated rings. The minimum atomic E-state index is 1.25. The van der Waals surface area contributed by atoms with E-state index in [1.807, 2.05) is 22.7 Å². The fraction of sp³-hybridized carbons (Fsp3) is 0. The van der Waals surface area contributed by atoms with Crippen LogP contribution in [0.4, 0.5) is 0 Å². The summed E-state index contributed by atoms with van der Waals surface area (Å²) in [4.78, 5) is 2.64. The third-order valence-electron chi connectivity index (χ3n) is 10.7. The molecule has 0 aliphatic carbocycles. The first-order chi connectivity index (χ1) is 25.8. The Morgan fingerprint density at radius 2 is 0.673 bits per heavy atom. The van der Waals surface area contributed by atoms with Gasteiger partial charge in [0.05, 0.1) is 0 Å². The largest absolute Gasteiger partial charge is 0.134 e. The molecule has 11 rings (SSSR count).